The highest BCUT2D eigenvalue weighted by molar-refractivity contribution is 5.08. The van der Waals surface area contributed by atoms with Crippen LogP contribution in [-0.2, 0) is 0 Å². The van der Waals surface area contributed by atoms with Crippen molar-refractivity contribution in [3.63, 3.8) is 0 Å². The van der Waals surface area contributed by atoms with Crippen LogP contribution < -0.4 is 0 Å². The van der Waals surface area contributed by atoms with Gasteiger partial charge in [-0.1, -0.05) is 49.0 Å². The van der Waals surface area contributed by atoms with Crippen LogP contribution in [0.25, 0.3) is 0 Å². The van der Waals surface area contributed by atoms with E-state index in [0.29, 0.717) is 0 Å². The zero-order valence-corrected chi connectivity index (χ0v) is 8.78. The maximum absolute atomic E-state index is 3.16. The Morgan fingerprint density at radius 2 is 1.71 bits per heavy atom. The largest absolute Gasteiger partial charge is 0.0882 e. The van der Waals surface area contributed by atoms with Crippen molar-refractivity contribution in [2.24, 2.45) is 0 Å². The van der Waals surface area contributed by atoms with E-state index in [-0.39, 0.29) is 0 Å². The second kappa shape index (κ2) is 8.55. The van der Waals surface area contributed by atoms with Gasteiger partial charge in [0.15, 0.2) is 0 Å². The van der Waals surface area contributed by atoms with Gasteiger partial charge in [-0.05, 0) is 38.2 Å². The summed E-state index contributed by atoms with van der Waals surface area (Å²) in [6, 6.07) is 0. The lowest BCUT2D eigenvalue weighted by atomic mass is 10.1. The Kier molecular flexibility index (Phi) is 6.74. The molecule has 1 aliphatic rings. The van der Waals surface area contributed by atoms with Gasteiger partial charge in [-0.25, -0.2) is 0 Å². The predicted molar refractivity (Wildman–Crippen MR) is 62.9 cm³/mol. The molecule has 0 amide bonds. The van der Waals surface area contributed by atoms with E-state index >= 15 is 0 Å². The van der Waals surface area contributed by atoms with Crippen LogP contribution in [-0.4, -0.2) is 0 Å². The first-order valence-corrected chi connectivity index (χ1v) is 5.54. The molecule has 1 radical (unpaired) electrons. The molecule has 0 atom stereocenters. The van der Waals surface area contributed by atoms with Gasteiger partial charge in [0.2, 0.25) is 0 Å². The summed E-state index contributed by atoms with van der Waals surface area (Å²) in [6.45, 7) is 0. The highest BCUT2D eigenvalue weighted by atomic mass is 13.9. The van der Waals surface area contributed by atoms with Gasteiger partial charge in [0.1, 0.15) is 0 Å². The molecule has 0 nitrogen and oxygen atoms in total. The Morgan fingerprint density at radius 3 is 2.71 bits per heavy atom. The highest BCUT2D eigenvalue weighted by Crippen LogP contribution is 2.05. The Bertz CT molecular complexity index is 228. The first-order valence-electron chi connectivity index (χ1n) is 5.54. The van der Waals surface area contributed by atoms with E-state index in [1.807, 2.05) is 12.2 Å². The van der Waals surface area contributed by atoms with Gasteiger partial charge >= 0.3 is 0 Å². The summed E-state index contributed by atoms with van der Waals surface area (Å²) in [6.07, 6.45) is 25.5. The molecule has 0 heterocycles. The summed E-state index contributed by atoms with van der Waals surface area (Å²) in [5.74, 6) is 0. The molecule has 75 valence electrons. The normalized spacial score (nSPS) is 28.6. The van der Waals surface area contributed by atoms with Crippen LogP contribution in [0.5, 0.6) is 0 Å². The maximum atomic E-state index is 3.16. The molecule has 0 spiro atoms. The third kappa shape index (κ3) is 6.47. The number of hydrogen-bond donors (Lipinski definition) is 0. The second-order valence-electron chi connectivity index (χ2n) is 3.50. The van der Waals surface area contributed by atoms with E-state index in [0.717, 1.165) is 12.8 Å². The Balaban J connectivity index is 2.36. The summed E-state index contributed by atoms with van der Waals surface area (Å²) >= 11 is 0. The summed E-state index contributed by atoms with van der Waals surface area (Å²) < 4.78 is 0. The molecular formula is C14H19. The monoisotopic (exact) mass is 187 g/mol. The van der Waals surface area contributed by atoms with Gasteiger partial charge in [-0.15, -0.1) is 0 Å². The van der Waals surface area contributed by atoms with Crippen LogP contribution in [0.15, 0.2) is 42.5 Å². The minimum Gasteiger partial charge on any atom is -0.0882 e. The smallest absolute Gasteiger partial charge is 0.0166 e. The Hall–Kier alpha value is -1.04. The molecule has 0 aromatic carbocycles. The van der Waals surface area contributed by atoms with Crippen molar-refractivity contribution < 1.29 is 0 Å². The summed E-state index contributed by atoms with van der Waals surface area (Å²) in [7, 11) is 0. The molecule has 1 aliphatic carbocycles. The Labute approximate surface area is 87.7 Å². The predicted octanol–water partition coefficient (Wildman–Crippen LogP) is 4.37. The van der Waals surface area contributed by atoms with Crippen LogP contribution in [0, 0.1) is 6.08 Å². The number of hydrogen-bond acceptors (Lipinski definition) is 0. The van der Waals surface area contributed by atoms with Gasteiger partial charge in [0.05, 0.1) is 0 Å². The van der Waals surface area contributed by atoms with E-state index in [2.05, 4.69) is 36.5 Å². The lowest BCUT2D eigenvalue weighted by Crippen LogP contribution is -1.75. The lowest BCUT2D eigenvalue weighted by Gasteiger charge is -1.94. The van der Waals surface area contributed by atoms with Crippen LogP contribution >= 0.6 is 0 Å². The third-order valence-electron chi connectivity index (χ3n) is 2.22. The molecular weight excluding hydrogens is 168 g/mol. The fourth-order valence-electron chi connectivity index (χ4n) is 1.40. The molecule has 1 rings (SSSR count). The minimum absolute atomic E-state index is 1.05. The lowest BCUT2D eigenvalue weighted by molar-refractivity contribution is 0.695. The van der Waals surface area contributed by atoms with Crippen LogP contribution in [0.3, 0.4) is 0 Å². The number of allylic oxidation sites excluding steroid dienone is 8. The van der Waals surface area contributed by atoms with Crippen molar-refractivity contribution in [1.82, 2.24) is 0 Å². The standard InChI is InChI=1S/C14H19/c1-2-4-6-8-10-12-14-13-11-9-7-5-3-1/h1-4,7-9H,5,10-14H2/b3-1-,4-2-,8-6?,9-7+. The SMILES string of the molecule is [C]1=C\CCCCC/C=C/C\C=C/C=C\1. The molecule has 0 saturated carbocycles. The summed E-state index contributed by atoms with van der Waals surface area (Å²) in [4.78, 5) is 0. The topological polar surface area (TPSA) is 0 Å². The van der Waals surface area contributed by atoms with Gasteiger partial charge < -0.3 is 0 Å². The van der Waals surface area contributed by atoms with E-state index in [9.17, 15) is 0 Å². The van der Waals surface area contributed by atoms with Crippen LogP contribution in [0.4, 0.5) is 0 Å². The van der Waals surface area contributed by atoms with E-state index in [1.54, 1.807) is 0 Å². The fraction of sp³-hybridized carbons (Fsp3) is 0.429. The first-order chi connectivity index (χ1) is 7.00. The summed E-state index contributed by atoms with van der Waals surface area (Å²) in [5.41, 5.74) is 0. The van der Waals surface area contributed by atoms with Gasteiger partial charge in [0.25, 0.3) is 0 Å². The van der Waals surface area contributed by atoms with Crippen LogP contribution in [0.2, 0.25) is 0 Å². The second-order valence-corrected chi connectivity index (χ2v) is 3.50. The molecule has 0 bridgehead atoms. The molecule has 0 fully saturated rings. The number of rotatable bonds is 0. The molecule has 0 saturated heterocycles. The first kappa shape index (κ1) is 11.0. The molecule has 0 unspecified atom stereocenters. The molecule has 0 aromatic heterocycles. The van der Waals surface area contributed by atoms with Gasteiger partial charge in [-0.2, -0.15) is 0 Å². The van der Waals surface area contributed by atoms with Crippen molar-refractivity contribution >= 4 is 0 Å². The van der Waals surface area contributed by atoms with E-state index < -0.39 is 0 Å². The average Bonchev–Trinajstić information content (AvgIpc) is 2.22. The molecule has 0 heteroatoms. The average molecular weight is 187 g/mol. The molecule has 14 heavy (non-hydrogen) atoms. The Morgan fingerprint density at radius 1 is 0.786 bits per heavy atom. The quantitative estimate of drug-likeness (QED) is 0.494. The van der Waals surface area contributed by atoms with Crippen molar-refractivity contribution in [3.8, 4) is 0 Å². The highest BCUT2D eigenvalue weighted by Gasteiger charge is 1.85. The minimum atomic E-state index is 1.05. The van der Waals surface area contributed by atoms with Crippen LogP contribution in [0.1, 0.15) is 38.5 Å². The molecule has 0 N–H and O–H groups in total. The van der Waals surface area contributed by atoms with Crippen molar-refractivity contribution in [2.45, 2.75) is 38.5 Å². The van der Waals surface area contributed by atoms with Gasteiger partial charge in [-0.3, -0.25) is 0 Å². The van der Waals surface area contributed by atoms with Crippen molar-refractivity contribution in [1.29, 1.82) is 0 Å². The van der Waals surface area contributed by atoms with Crippen molar-refractivity contribution in [2.75, 3.05) is 0 Å². The van der Waals surface area contributed by atoms with Gasteiger partial charge in [0, 0.05) is 0 Å². The van der Waals surface area contributed by atoms with E-state index in [4.69, 9.17) is 0 Å². The zero-order chi connectivity index (χ0) is 9.90. The zero-order valence-electron chi connectivity index (χ0n) is 8.78. The molecule has 0 aromatic rings. The van der Waals surface area contributed by atoms with E-state index in [1.165, 1.54) is 25.7 Å². The molecule has 0 aliphatic heterocycles. The fourth-order valence-corrected chi connectivity index (χ4v) is 1.40. The summed E-state index contributed by atoms with van der Waals surface area (Å²) in [5, 5.41) is 0. The van der Waals surface area contributed by atoms with Crippen molar-refractivity contribution in [3.05, 3.63) is 48.6 Å². The maximum Gasteiger partial charge on any atom is -0.0166 e. The third-order valence-corrected chi connectivity index (χ3v) is 2.22.